The van der Waals surface area contributed by atoms with Crippen molar-refractivity contribution >= 4 is 23.0 Å². The molecule has 1 amide bonds. The molecule has 7 heteroatoms. The number of benzene rings is 2. The maximum absolute atomic E-state index is 13.3. The predicted molar refractivity (Wildman–Crippen MR) is 122 cm³/mol. The highest BCUT2D eigenvalue weighted by Crippen LogP contribution is 2.41. The zero-order chi connectivity index (χ0) is 22.7. The van der Waals surface area contributed by atoms with Gasteiger partial charge < -0.3 is 19.5 Å². The Balaban J connectivity index is 1.75. The number of aliphatic hydroxyl groups is 1. The third-order valence-electron chi connectivity index (χ3n) is 5.29. The number of amides is 1. The third kappa shape index (κ3) is 4.11. The van der Waals surface area contributed by atoms with Crippen molar-refractivity contribution in [3.05, 3.63) is 93.4 Å². The number of Topliss-reactive ketones (excluding diaryl/α,β-unsaturated/α-hetero) is 1. The van der Waals surface area contributed by atoms with Crippen molar-refractivity contribution < 1.29 is 24.2 Å². The summed E-state index contributed by atoms with van der Waals surface area (Å²) in [6.45, 7) is 2.64. The van der Waals surface area contributed by atoms with Crippen LogP contribution in [-0.2, 0) is 11.3 Å². The normalized spacial score (nSPS) is 15.9. The molecule has 2 heterocycles. The molecule has 2 aromatic carbocycles. The van der Waals surface area contributed by atoms with E-state index in [2.05, 4.69) is 0 Å². The molecule has 0 fully saturated rings. The highest BCUT2D eigenvalue weighted by Gasteiger charge is 2.44. The molecule has 0 radical (unpaired) electrons. The van der Waals surface area contributed by atoms with Crippen molar-refractivity contribution in [2.24, 2.45) is 0 Å². The standard InChI is InChI=1S/C25H23NO5S/c1-3-31-19-7-4-6-16(14-19)15-26-22(17-9-11-18(30-2)12-10-17)21(24(28)25(26)29)23(27)20-8-5-13-32-20/h4-14,22,28H,3,15H2,1-2H3. The highest BCUT2D eigenvalue weighted by molar-refractivity contribution is 7.12. The first-order chi connectivity index (χ1) is 15.5. The van der Waals surface area contributed by atoms with Gasteiger partial charge in [-0.05, 0) is 53.8 Å². The van der Waals surface area contributed by atoms with Crippen LogP contribution in [0, 0.1) is 0 Å². The first-order valence-corrected chi connectivity index (χ1v) is 11.1. The molecule has 1 unspecified atom stereocenters. The fraction of sp³-hybridized carbons (Fsp3) is 0.200. The van der Waals surface area contributed by atoms with E-state index in [0.29, 0.717) is 28.5 Å². The van der Waals surface area contributed by atoms with Gasteiger partial charge in [0.1, 0.15) is 11.5 Å². The van der Waals surface area contributed by atoms with E-state index in [0.717, 1.165) is 5.56 Å². The summed E-state index contributed by atoms with van der Waals surface area (Å²) in [7, 11) is 1.57. The summed E-state index contributed by atoms with van der Waals surface area (Å²) < 4.78 is 10.8. The second-order valence-corrected chi connectivity index (χ2v) is 8.21. The van der Waals surface area contributed by atoms with Gasteiger partial charge in [0.15, 0.2) is 5.76 Å². The van der Waals surface area contributed by atoms with E-state index >= 15 is 0 Å². The molecule has 0 saturated heterocycles. The fourth-order valence-corrected chi connectivity index (χ4v) is 4.50. The van der Waals surface area contributed by atoms with Gasteiger partial charge in [-0.1, -0.05) is 30.3 Å². The average Bonchev–Trinajstić information content (AvgIpc) is 3.43. The van der Waals surface area contributed by atoms with Crippen LogP contribution in [0.5, 0.6) is 11.5 Å². The second-order valence-electron chi connectivity index (χ2n) is 7.26. The van der Waals surface area contributed by atoms with Crippen LogP contribution in [0.3, 0.4) is 0 Å². The van der Waals surface area contributed by atoms with Crippen LogP contribution in [0.25, 0.3) is 0 Å². The maximum Gasteiger partial charge on any atom is 0.290 e. The Hall–Kier alpha value is -3.58. The third-order valence-corrected chi connectivity index (χ3v) is 6.16. The maximum atomic E-state index is 13.3. The Kier molecular flexibility index (Phi) is 6.28. The van der Waals surface area contributed by atoms with E-state index < -0.39 is 17.7 Å². The molecular formula is C25H23NO5S. The Bertz CT molecular complexity index is 1150. The fourth-order valence-electron chi connectivity index (χ4n) is 3.82. The summed E-state index contributed by atoms with van der Waals surface area (Å²) in [4.78, 5) is 28.4. The number of ether oxygens (including phenoxy) is 2. The Labute approximate surface area is 190 Å². The quantitative estimate of drug-likeness (QED) is 0.493. The van der Waals surface area contributed by atoms with Crippen LogP contribution in [0.2, 0.25) is 0 Å². The molecule has 0 saturated carbocycles. The summed E-state index contributed by atoms with van der Waals surface area (Å²) in [5.74, 6) is -0.0759. The molecule has 1 N–H and O–H groups in total. The van der Waals surface area contributed by atoms with Crippen molar-refractivity contribution in [1.29, 1.82) is 0 Å². The molecule has 0 aliphatic carbocycles. The Morgan fingerprint density at radius 2 is 1.88 bits per heavy atom. The summed E-state index contributed by atoms with van der Waals surface area (Å²) in [5, 5.41) is 12.6. The predicted octanol–water partition coefficient (Wildman–Crippen LogP) is 4.93. The summed E-state index contributed by atoms with van der Waals surface area (Å²) in [6.07, 6.45) is 0. The van der Waals surface area contributed by atoms with Crippen LogP contribution in [0.15, 0.2) is 77.4 Å². The smallest absolute Gasteiger partial charge is 0.290 e. The van der Waals surface area contributed by atoms with Crippen molar-refractivity contribution in [2.75, 3.05) is 13.7 Å². The minimum Gasteiger partial charge on any atom is -0.503 e. The first kappa shape index (κ1) is 21.6. The van der Waals surface area contributed by atoms with Gasteiger partial charge in [-0.25, -0.2) is 0 Å². The number of hydrogen-bond acceptors (Lipinski definition) is 6. The molecule has 0 spiro atoms. The lowest BCUT2D eigenvalue weighted by molar-refractivity contribution is -0.130. The summed E-state index contributed by atoms with van der Waals surface area (Å²) in [6, 6.07) is 17.3. The zero-order valence-electron chi connectivity index (χ0n) is 17.8. The van der Waals surface area contributed by atoms with Gasteiger partial charge in [-0.3, -0.25) is 9.59 Å². The topological polar surface area (TPSA) is 76.1 Å². The van der Waals surface area contributed by atoms with Crippen molar-refractivity contribution in [1.82, 2.24) is 4.90 Å². The number of carbonyl (C=O) groups is 2. The molecule has 32 heavy (non-hydrogen) atoms. The van der Waals surface area contributed by atoms with E-state index in [1.807, 2.05) is 31.2 Å². The lowest BCUT2D eigenvalue weighted by Gasteiger charge is -2.27. The molecule has 1 aliphatic heterocycles. The first-order valence-electron chi connectivity index (χ1n) is 10.2. The van der Waals surface area contributed by atoms with Gasteiger partial charge in [0.25, 0.3) is 5.91 Å². The second kappa shape index (κ2) is 9.28. The number of aliphatic hydroxyl groups excluding tert-OH is 1. The lowest BCUT2D eigenvalue weighted by atomic mass is 9.95. The Morgan fingerprint density at radius 3 is 2.53 bits per heavy atom. The number of thiophene rings is 1. The number of nitrogens with zero attached hydrogens (tertiary/aromatic N) is 1. The van der Waals surface area contributed by atoms with Crippen LogP contribution < -0.4 is 9.47 Å². The minimum absolute atomic E-state index is 0.0866. The highest BCUT2D eigenvalue weighted by atomic mass is 32.1. The SMILES string of the molecule is CCOc1cccc(CN2C(=O)C(O)=C(C(=O)c3cccs3)C2c2ccc(OC)cc2)c1. The van der Waals surface area contributed by atoms with Crippen LogP contribution >= 0.6 is 11.3 Å². The molecule has 6 nitrogen and oxygen atoms in total. The number of ketones is 1. The number of carbonyl (C=O) groups excluding carboxylic acids is 2. The van der Waals surface area contributed by atoms with Crippen LogP contribution in [0.1, 0.15) is 33.8 Å². The van der Waals surface area contributed by atoms with Gasteiger partial charge >= 0.3 is 0 Å². The van der Waals surface area contributed by atoms with Gasteiger partial charge in [-0.2, -0.15) is 0 Å². The van der Waals surface area contributed by atoms with Gasteiger partial charge in [0.2, 0.25) is 5.78 Å². The van der Waals surface area contributed by atoms with E-state index in [4.69, 9.17) is 9.47 Å². The monoisotopic (exact) mass is 449 g/mol. The van der Waals surface area contributed by atoms with Crippen LogP contribution in [-0.4, -0.2) is 35.4 Å². The lowest BCUT2D eigenvalue weighted by Crippen LogP contribution is -2.30. The van der Waals surface area contributed by atoms with Crippen molar-refractivity contribution in [2.45, 2.75) is 19.5 Å². The molecule has 1 atom stereocenters. The van der Waals surface area contributed by atoms with Gasteiger partial charge in [0, 0.05) is 6.54 Å². The average molecular weight is 450 g/mol. The molecule has 3 aromatic rings. The van der Waals surface area contributed by atoms with E-state index in [-0.39, 0.29) is 17.9 Å². The number of hydrogen-bond donors (Lipinski definition) is 1. The molecule has 4 rings (SSSR count). The molecule has 1 aromatic heterocycles. The van der Waals surface area contributed by atoms with E-state index in [9.17, 15) is 14.7 Å². The van der Waals surface area contributed by atoms with Gasteiger partial charge in [-0.15, -0.1) is 11.3 Å². The molecular weight excluding hydrogens is 426 g/mol. The number of methoxy groups -OCH3 is 1. The summed E-state index contributed by atoms with van der Waals surface area (Å²) in [5.41, 5.74) is 1.63. The van der Waals surface area contributed by atoms with Crippen molar-refractivity contribution in [3.63, 3.8) is 0 Å². The largest absolute Gasteiger partial charge is 0.503 e. The Morgan fingerprint density at radius 1 is 1.09 bits per heavy atom. The van der Waals surface area contributed by atoms with Gasteiger partial charge in [0.05, 0.1) is 30.2 Å². The van der Waals surface area contributed by atoms with Crippen molar-refractivity contribution in [3.8, 4) is 11.5 Å². The van der Waals surface area contributed by atoms with E-state index in [1.165, 1.54) is 16.2 Å². The molecule has 164 valence electrons. The molecule has 1 aliphatic rings. The number of rotatable bonds is 8. The molecule has 0 bridgehead atoms. The zero-order valence-corrected chi connectivity index (χ0v) is 18.6. The van der Waals surface area contributed by atoms with Crippen LogP contribution in [0.4, 0.5) is 0 Å². The minimum atomic E-state index is -0.723. The summed E-state index contributed by atoms with van der Waals surface area (Å²) >= 11 is 1.28. The van der Waals surface area contributed by atoms with E-state index in [1.54, 1.807) is 48.9 Å².